The summed E-state index contributed by atoms with van der Waals surface area (Å²) in [5, 5.41) is 0. The molecule has 6 heteroatoms. The van der Waals surface area contributed by atoms with Gasteiger partial charge in [-0.15, -0.1) is 0 Å². The highest BCUT2D eigenvalue weighted by atomic mass is 16.5. The molecule has 0 amide bonds. The minimum atomic E-state index is 0.606. The number of rotatable bonds is 9. The molecule has 48 heavy (non-hydrogen) atoms. The van der Waals surface area contributed by atoms with Crippen LogP contribution in [0.25, 0.3) is 67.5 Å². The zero-order valence-electron chi connectivity index (χ0n) is 26.9. The van der Waals surface area contributed by atoms with Gasteiger partial charge >= 0.3 is 0 Å². The van der Waals surface area contributed by atoms with Crippen LogP contribution in [0.5, 0.6) is 17.2 Å². The highest BCUT2D eigenvalue weighted by Gasteiger charge is 2.14. The van der Waals surface area contributed by atoms with Crippen molar-refractivity contribution >= 4 is 0 Å². The van der Waals surface area contributed by atoms with Crippen molar-refractivity contribution in [3.8, 4) is 84.8 Å². The predicted octanol–water partition coefficient (Wildman–Crippen LogP) is 9.90. The van der Waals surface area contributed by atoms with Crippen LogP contribution in [0.2, 0.25) is 0 Å². The molecule has 0 atom stereocenters. The standard InChI is InChI=1S/C42H33N3O3/c1-46-37-22-16-31(17-23-37)28-4-10-34(11-5-28)40-43-41(35-12-6-29(7-13-35)32-18-24-38(47-2)25-19-32)45-42(44-40)36-14-8-30(9-15-36)33-20-26-39(48-3)27-21-33/h4-27H,1-3H3. The summed E-state index contributed by atoms with van der Waals surface area (Å²) in [6.07, 6.45) is 0. The SMILES string of the molecule is COc1ccc(-c2ccc(-c3nc(-c4ccc(-c5ccc(OC)cc5)cc4)nc(-c4ccc(-c5ccc(OC)cc5)cc4)n3)cc2)cc1. The van der Waals surface area contributed by atoms with Crippen molar-refractivity contribution in [2.75, 3.05) is 21.3 Å². The molecule has 0 bridgehead atoms. The van der Waals surface area contributed by atoms with Gasteiger partial charge < -0.3 is 14.2 Å². The maximum atomic E-state index is 5.32. The van der Waals surface area contributed by atoms with Crippen LogP contribution >= 0.6 is 0 Å². The highest BCUT2D eigenvalue weighted by molar-refractivity contribution is 5.74. The van der Waals surface area contributed by atoms with Gasteiger partial charge in [-0.2, -0.15) is 0 Å². The van der Waals surface area contributed by atoms with Crippen LogP contribution in [0.1, 0.15) is 0 Å². The first-order valence-corrected chi connectivity index (χ1v) is 15.6. The zero-order chi connectivity index (χ0) is 32.9. The van der Waals surface area contributed by atoms with Crippen LogP contribution in [0.3, 0.4) is 0 Å². The minimum Gasteiger partial charge on any atom is -0.497 e. The van der Waals surface area contributed by atoms with Gasteiger partial charge in [0, 0.05) is 16.7 Å². The summed E-state index contributed by atoms with van der Waals surface area (Å²) >= 11 is 0. The quantitative estimate of drug-likeness (QED) is 0.159. The van der Waals surface area contributed by atoms with Crippen molar-refractivity contribution in [2.45, 2.75) is 0 Å². The molecule has 0 aliphatic heterocycles. The van der Waals surface area contributed by atoms with Crippen molar-refractivity contribution in [2.24, 2.45) is 0 Å². The van der Waals surface area contributed by atoms with Crippen LogP contribution in [0.4, 0.5) is 0 Å². The first-order chi connectivity index (χ1) is 23.6. The highest BCUT2D eigenvalue weighted by Crippen LogP contribution is 2.31. The normalized spacial score (nSPS) is 10.8. The Kier molecular flexibility index (Phi) is 8.62. The Hall–Kier alpha value is -6.27. The maximum absolute atomic E-state index is 5.32. The summed E-state index contributed by atoms with van der Waals surface area (Å²) in [6, 6.07) is 49.0. The molecule has 6 aromatic carbocycles. The molecule has 0 saturated heterocycles. The molecular weight excluding hydrogens is 594 g/mol. The second-order valence-corrected chi connectivity index (χ2v) is 11.2. The average Bonchev–Trinajstić information content (AvgIpc) is 3.18. The molecule has 0 N–H and O–H groups in total. The van der Waals surface area contributed by atoms with Gasteiger partial charge in [-0.1, -0.05) is 109 Å². The van der Waals surface area contributed by atoms with E-state index in [0.29, 0.717) is 17.5 Å². The molecule has 0 saturated carbocycles. The van der Waals surface area contributed by atoms with E-state index in [0.717, 1.165) is 67.3 Å². The lowest BCUT2D eigenvalue weighted by Crippen LogP contribution is -2.00. The Morgan fingerprint density at radius 2 is 0.417 bits per heavy atom. The van der Waals surface area contributed by atoms with Crippen LogP contribution in [0, 0.1) is 0 Å². The predicted molar refractivity (Wildman–Crippen MR) is 192 cm³/mol. The lowest BCUT2D eigenvalue weighted by molar-refractivity contribution is 0.415. The van der Waals surface area contributed by atoms with E-state index in [-0.39, 0.29) is 0 Å². The zero-order valence-corrected chi connectivity index (χ0v) is 26.9. The van der Waals surface area contributed by atoms with E-state index in [4.69, 9.17) is 29.2 Å². The molecule has 0 aliphatic rings. The molecule has 1 heterocycles. The van der Waals surface area contributed by atoms with Gasteiger partial charge in [0.15, 0.2) is 17.5 Å². The van der Waals surface area contributed by atoms with Crippen LogP contribution < -0.4 is 14.2 Å². The van der Waals surface area contributed by atoms with Gasteiger partial charge in [0.25, 0.3) is 0 Å². The minimum absolute atomic E-state index is 0.606. The largest absolute Gasteiger partial charge is 0.497 e. The van der Waals surface area contributed by atoms with E-state index < -0.39 is 0 Å². The third-order valence-electron chi connectivity index (χ3n) is 8.33. The van der Waals surface area contributed by atoms with E-state index in [2.05, 4.69) is 109 Å². The molecule has 0 aliphatic carbocycles. The molecule has 234 valence electrons. The third-order valence-corrected chi connectivity index (χ3v) is 8.33. The van der Waals surface area contributed by atoms with Crippen molar-refractivity contribution in [3.05, 3.63) is 146 Å². The molecule has 0 spiro atoms. The topological polar surface area (TPSA) is 66.4 Å². The van der Waals surface area contributed by atoms with Crippen molar-refractivity contribution in [1.82, 2.24) is 15.0 Å². The van der Waals surface area contributed by atoms with Gasteiger partial charge in [0.1, 0.15) is 17.2 Å². The fourth-order valence-electron chi connectivity index (χ4n) is 5.55. The van der Waals surface area contributed by atoms with E-state index in [1.807, 2.05) is 36.4 Å². The molecule has 6 nitrogen and oxygen atoms in total. The Labute approximate surface area is 280 Å². The van der Waals surface area contributed by atoms with E-state index in [9.17, 15) is 0 Å². The summed E-state index contributed by atoms with van der Waals surface area (Å²) in [4.78, 5) is 14.9. The van der Waals surface area contributed by atoms with E-state index in [1.54, 1.807) is 21.3 Å². The number of ether oxygens (including phenoxy) is 3. The number of nitrogens with zero attached hydrogens (tertiary/aromatic N) is 3. The molecular formula is C42H33N3O3. The summed E-state index contributed by atoms with van der Waals surface area (Å²) in [5.41, 5.74) is 9.32. The fourth-order valence-corrected chi connectivity index (χ4v) is 5.55. The lowest BCUT2D eigenvalue weighted by Gasteiger charge is -2.11. The molecule has 0 radical (unpaired) electrons. The molecule has 7 rings (SSSR count). The molecule has 1 aromatic heterocycles. The second kappa shape index (κ2) is 13.6. The smallest absolute Gasteiger partial charge is 0.164 e. The first-order valence-electron chi connectivity index (χ1n) is 15.6. The van der Waals surface area contributed by atoms with Crippen LogP contribution in [-0.2, 0) is 0 Å². The summed E-state index contributed by atoms with van der Waals surface area (Å²) in [5.74, 6) is 4.30. The van der Waals surface area contributed by atoms with Crippen LogP contribution in [0.15, 0.2) is 146 Å². The van der Waals surface area contributed by atoms with Gasteiger partial charge in [0.05, 0.1) is 21.3 Å². The van der Waals surface area contributed by atoms with Gasteiger partial charge in [0.2, 0.25) is 0 Å². The van der Waals surface area contributed by atoms with E-state index >= 15 is 0 Å². The molecule has 0 unspecified atom stereocenters. The monoisotopic (exact) mass is 627 g/mol. The lowest BCUT2D eigenvalue weighted by atomic mass is 10.0. The summed E-state index contributed by atoms with van der Waals surface area (Å²) < 4.78 is 16.0. The molecule has 0 fully saturated rings. The summed E-state index contributed by atoms with van der Waals surface area (Å²) in [7, 11) is 5.02. The first kappa shape index (κ1) is 30.4. The number of aromatic nitrogens is 3. The number of hydrogen-bond acceptors (Lipinski definition) is 6. The third kappa shape index (κ3) is 6.50. The Morgan fingerprint density at radius 1 is 0.250 bits per heavy atom. The van der Waals surface area contributed by atoms with Gasteiger partial charge in [-0.3, -0.25) is 0 Å². The maximum Gasteiger partial charge on any atom is 0.164 e. The number of benzene rings is 6. The van der Waals surface area contributed by atoms with Crippen molar-refractivity contribution in [1.29, 1.82) is 0 Å². The van der Waals surface area contributed by atoms with Gasteiger partial charge in [-0.25, -0.2) is 15.0 Å². The Balaban J connectivity index is 1.25. The number of methoxy groups -OCH3 is 3. The Bertz CT molecular complexity index is 1860. The number of hydrogen-bond donors (Lipinski definition) is 0. The Morgan fingerprint density at radius 3 is 0.604 bits per heavy atom. The average molecular weight is 628 g/mol. The van der Waals surface area contributed by atoms with Crippen molar-refractivity contribution < 1.29 is 14.2 Å². The van der Waals surface area contributed by atoms with Gasteiger partial charge in [-0.05, 0) is 69.8 Å². The second-order valence-electron chi connectivity index (χ2n) is 11.2. The fraction of sp³-hybridized carbons (Fsp3) is 0.0714. The van der Waals surface area contributed by atoms with E-state index in [1.165, 1.54) is 0 Å². The summed E-state index contributed by atoms with van der Waals surface area (Å²) in [6.45, 7) is 0. The van der Waals surface area contributed by atoms with Crippen molar-refractivity contribution in [3.63, 3.8) is 0 Å². The van der Waals surface area contributed by atoms with Crippen LogP contribution in [-0.4, -0.2) is 36.3 Å². The molecule has 7 aromatic rings.